The molecule has 314 valence electrons. The molecule has 0 saturated heterocycles. The van der Waals surface area contributed by atoms with E-state index in [-0.39, 0.29) is 0 Å². The van der Waals surface area contributed by atoms with E-state index in [0.717, 1.165) is 44.4 Å². The fourth-order valence-electron chi connectivity index (χ4n) is 11.1. The van der Waals surface area contributed by atoms with Gasteiger partial charge in [-0.05, 0) is 118 Å². The van der Waals surface area contributed by atoms with Gasteiger partial charge in [-0.2, -0.15) is 0 Å². The average molecular weight is 880 g/mol. The number of aromatic nitrogens is 3. The lowest BCUT2D eigenvalue weighted by Crippen LogP contribution is -1.93. The molecule has 0 unspecified atom stereocenters. The van der Waals surface area contributed by atoms with Gasteiger partial charge in [-0.25, -0.2) is 4.98 Å². The normalized spacial score (nSPS) is 12.1. The number of thiophene rings is 1. The van der Waals surface area contributed by atoms with Crippen LogP contribution in [0.3, 0.4) is 0 Å². The van der Waals surface area contributed by atoms with Crippen LogP contribution in [-0.4, -0.2) is 14.4 Å². The third-order valence-electron chi connectivity index (χ3n) is 14.4. The Hall–Kier alpha value is -8.70. The van der Waals surface area contributed by atoms with Crippen LogP contribution >= 0.6 is 11.3 Å². The average Bonchev–Trinajstić information content (AvgIpc) is 3.99. The summed E-state index contributed by atoms with van der Waals surface area (Å²) < 4.78 is 4.90. The molecular weight excluding hydrogens is 843 g/mol. The number of imidazole rings is 1. The monoisotopic (exact) mass is 879 g/mol. The van der Waals surface area contributed by atoms with Gasteiger partial charge in [0.25, 0.3) is 0 Å². The molecule has 0 atom stereocenters. The number of fused-ring (bicyclic) bond motifs is 16. The van der Waals surface area contributed by atoms with Gasteiger partial charge in [0.05, 0.1) is 26.9 Å². The summed E-state index contributed by atoms with van der Waals surface area (Å²) in [5.74, 6) is 0. The van der Waals surface area contributed by atoms with E-state index in [1.807, 2.05) is 17.5 Å². The molecule has 68 heavy (non-hydrogen) atoms. The minimum absolute atomic E-state index is 1.00. The maximum atomic E-state index is 5.58. The Kier molecular flexibility index (Phi) is 7.94. The highest BCUT2D eigenvalue weighted by Gasteiger charge is 2.21. The molecule has 15 aromatic rings. The number of hydrogen-bond acceptors (Lipinski definition) is 3. The van der Waals surface area contributed by atoms with Crippen LogP contribution in [0.25, 0.3) is 146 Å². The lowest BCUT2D eigenvalue weighted by Gasteiger charge is -2.14. The molecule has 0 spiro atoms. The number of benzene rings is 11. The Morgan fingerprint density at radius 3 is 1.72 bits per heavy atom. The molecule has 4 heterocycles. The third kappa shape index (κ3) is 5.59. The van der Waals surface area contributed by atoms with Crippen LogP contribution < -0.4 is 0 Å². The van der Waals surface area contributed by atoms with Crippen LogP contribution in [0.15, 0.2) is 225 Å². The fourth-order valence-corrected chi connectivity index (χ4v) is 12.2. The number of pyridine rings is 2. The van der Waals surface area contributed by atoms with E-state index in [4.69, 9.17) is 9.97 Å². The summed E-state index contributed by atoms with van der Waals surface area (Å²) in [5, 5.41) is 15.9. The standard InChI is InChI=1S/C64H37N3S/c1-2-11-44-34-55-46(33-43(44)10-1)26-31-58-62(55)66-64-63-56(61-51-14-6-3-9-39(51)27-32-60(61)68-63)36-59(67(58)64)42-23-21-41(22-24-42)50-30-29-49(52-15-7-8-16-53(50)52)40-19-17-38(18-20-40)45-25-28-54-48-13-5-4-12-47(48)37-65-57(54)35-45/h1-37H. The van der Waals surface area contributed by atoms with E-state index >= 15 is 0 Å². The zero-order valence-electron chi connectivity index (χ0n) is 36.6. The van der Waals surface area contributed by atoms with E-state index in [1.54, 1.807) is 0 Å². The Bertz CT molecular complexity index is 4600. The summed E-state index contributed by atoms with van der Waals surface area (Å²) in [6.07, 6.45) is 1.98. The van der Waals surface area contributed by atoms with Gasteiger partial charge in [-0.15, -0.1) is 11.3 Å². The van der Waals surface area contributed by atoms with Crippen molar-refractivity contribution in [3.8, 4) is 44.6 Å². The lowest BCUT2D eigenvalue weighted by molar-refractivity contribution is 1.25. The van der Waals surface area contributed by atoms with Crippen LogP contribution in [0.4, 0.5) is 0 Å². The van der Waals surface area contributed by atoms with Crippen molar-refractivity contribution >= 4 is 113 Å². The van der Waals surface area contributed by atoms with Gasteiger partial charge in [0.2, 0.25) is 0 Å². The Balaban J connectivity index is 0.850. The van der Waals surface area contributed by atoms with Crippen molar-refractivity contribution in [3.05, 3.63) is 225 Å². The smallest absolute Gasteiger partial charge is 0.156 e. The lowest BCUT2D eigenvalue weighted by atomic mass is 9.91. The van der Waals surface area contributed by atoms with Gasteiger partial charge in [-0.3, -0.25) is 9.38 Å². The van der Waals surface area contributed by atoms with Crippen LogP contribution in [0.5, 0.6) is 0 Å². The highest BCUT2D eigenvalue weighted by Crippen LogP contribution is 2.45. The van der Waals surface area contributed by atoms with Gasteiger partial charge < -0.3 is 0 Å². The second-order valence-electron chi connectivity index (χ2n) is 18.1. The van der Waals surface area contributed by atoms with Crippen molar-refractivity contribution in [2.75, 3.05) is 0 Å². The number of hydrogen-bond donors (Lipinski definition) is 0. The zero-order chi connectivity index (χ0) is 44.5. The van der Waals surface area contributed by atoms with Crippen LogP contribution in [0, 0.1) is 0 Å². The quantitative estimate of drug-likeness (QED) is 0.130. The topological polar surface area (TPSA) is 30.2 Å². The Labute approximate surface area is 394 Å². The first-order valence-electron chi connectivity index (χ1n) is 23.2. The van der Waals surface area contributed by atoms with E-state index < -0.39 is 0 Å². The molecule has 0 saturated carbocycles. The first-order chi connectivity index (χ1) is 33.7. The summed E-state index contributed by atoms with van der Waals surface area (Å²) >= 11 is 1.85. The van der Waals surface area contributed by atoms with Crippen molar-refractivity contribution in [3.63, 3.8) is 0 Å². The number of rotatable bonds is 4. The Morgan fingerprint density at radius 2 is 0.971 bits per heavy atom. The fraction of sp³-hybridized carbons (Fsp3) is 0. The first kappa shape index (κ1) is 37.5. The zero-order valence-corrected chi connectivity index (χ0v) is 37.4. The van der Waals surface area contributed by atoms with Crippen LogP contribution in [-0.2, 0) is 0 Å². The molecule has 0 bridgehead atoms. The molecule has 11 aromatic carbocycles. The van der Waals surface area contributed by atoms with Crippen molar-refractivity contribution in [2.24, 2.45) is 0 Å². The molecule has 0 amide bonds. The van der Waals surface area contributed by atoms with Gasteiger partial charge >= 0.3 is 0 Å². The van der Waals surface area contributed by atoms with Gasteiger partial charge in [0.1, 0.15) is 0 Å². The van der Waals surface area contributed by atoms with E-state index in [2.05, 4.69) is 223 Å². The summed E-state index contributed by atoms with van der Waals surface area (Å²) in [5.41, 5.74) is 13.6. The maximum absolute atomic E-state index is 5.58. The molecule has 15 rings (SSSR count). The molecule has 0 aliphatic rings. The van der Waals surface area contributed by atoms with Crippen molar-refractivity contribution in [2.45, 2.75) is 0 Å². The maximum Gasteiger partial charge on any atom is 0.156 e. The number of nitrogens with zero attached hydrogens (tertiary/aromatic N) is 3. The first-order valence-corrected chi connectivity index (χ1v) is 24.0. The predicted molar refractivity (Wildman–Crippen MR) is 290 cm³/mol. The molecule has 0 radical (unpaired) electrons. The third-order valence-corrected chi connectivity index (χ3v) is 15.6. The second kappa shape index (κ2) is 14.4. The summed E-state index contributed by atoms with van der Waals surface area (Å²) in [6, 6.07) is 80.2. The van der Waals surface area contributed by atoms with Gasteiger partial charge in [-0.1, -0.05) is 182 Å². The van der Waals surface area contributed by atoms with Gasteiger partial charge in [0, 0.05) is 37.8 Å². The highest BCUT2D eigenvalue weighted by atomic mass is 32.1. The molecule has 0 fully saturated rings. The van der Waals surface area contributed by atoms with Crippen LogP contribution in [0.2, 0.25) is 0 Å². The van der Waals surface area contributed by atoms with Crippen molar-refractivity contribution in [1.29, 1.82) is 0 Å². The minimum Gasteiger partial charge on any atom is -0.291 e. The minimum atomic E-state index is 1.00. The Morgan fingerprint density at radius 1 is 0.368 bits per heavy atom. The van der Waals surface area contributed by atoms with Crippen LogP contribution in [0.1, 0.15) is 0 Å². The van der Waals surface area contributed by atoms with Crippen molar-refractivity contribution in [1.82, 2.24) is 14.4 Å². The largest absolute Gasteiger partial charge is 0.291 e. The van der Waals surface area contributed by atoms with E-state index in [0.29, 0.717) is 0 Å². The molecule has 0 N–H and O–H groups in total. The molecule has 3 nitrogen and oxygen atoms in total. The SMILES string of the molecule is c1ccc2cc3c(ccc4c3nc3c5sc6ccc7ccccc7c6c5cc(-c5ccc(-c6ccc(-c7ccc(-c8ccc9c(c8)ncc8ccccc89)cc7)c7ccccc67)cc5)n43)cc2c1. The molecular formula is C64H37N3S. The van der Waals surface area contributed by atoms with Gasteiger partial charge in [0.15, 0.2) is 5.65 Å². The summed E-state index contributed by atoms with van der Waals surface area (Å²) in [6.45, 7) is 0. The second-order valence-corrected chi connectivity index (χ2v) is 19.1. The molecule has 4 heteroatoms. The highest BCUT2D eigenvalue weighted by molar-refractivity contribution is 7.26. The molecule has 4 aromatic heterocycles. The summed E-state index contributed by atoms with van der Waals surface area (Å²) in [7, 11) is 0. The molecule has 0 aliphatic carbocycles. The van der Waals surface area contributed by atoms with E-state index in [1.165, 1.54) is 102 Å². The summed E-state index contributed by atoms with van der Waals surface area (Å²) in [4.78, 5) is 10.4. The van der Waals surface area contributed by atoms with Crippen molar-refractivity contribution < 1.29 is 0 Å². The predicted octanol–water partition coefficient (Wildman–Crippen LogP) is 17.8. The van der Waals surface area contributed by atoms with E-state index in [9.17, 15) is 0 Å². The molecule has 0 aliphatic heterocycles.